The minimum Gasteiger partial charge on any atom is -0.451 e. The number of benzene rings is 2. The van der Waals surface area contributed by atoms with Crippen molar-refractivity contribution in [1.82, 2.24) is 0 Å². The Morgan fingerprint density at radius 2 is 1.72 bits per heavy atom. The van der Waals surface area contributed by atoms with Crippen molar-refractivity contribution in [2.24, 2.45) is 0 Å². The van der Waals surface area contributed by atoms with Crippen LogP contribution in [-0.2, 0) is 6.18 Å². The van der Waals surface area contributed by atoms with Gasteiger partial charge in [-0.05, 0) is 42.5 Å². The molecule has 1 amide bonds. The number of carbonyl (C=O) groups excluding carboxylic acids is 1. The summed E-state index contributed by atoms with van der Waals surface area (Å²) in [7, 11) is 0. The van der Waals surface area contributed by atoms with E-state index in [2.05, 4.69) is 5.32 Å². The van der Waals surface area contributed by atoms with E-state index in [0.717, 1.165) is 12.1 Å². The second-order valence-corrected chi connectivity index (χ2v) is 5.18. The lowest BCUT2D eigenvalue weighted by Crippen LogP contribution is -2.12. The third-order valence-electron chi connectivity index (χ3n) is 3.42. The molecule has 3 rings (SSSR count). The van der Waals surface area contributed by atoms with Crippen molar-refractivity contribution >= 4 is 11.6 Å². The maximum Gasteiger partial charge on any atom is 0.416 e. The Balaban J connectivity index is 1.80. The zero-order chi connectivity index (χ0) is 18.0. The summed E-state index contributed by atoms with van der Waals surface area (Å²) in [6, 6.07) is 12.8. The van der Waals surface area contributed by atoms with Gasteiger partial charge >= 0.3 is 6.18 Å². The van der Waals surface area contributed by atoms with Gasteiger partial charge in [-0.2, -0.15) is 13.2 Å². The molecule has 0 fully saturated rings. The average Bonchev–Trinajstić information content (AvgIpc) is 3.04. The van der Waals surface area contributed by atoms with Crippen molar-refractivity contribution in [2.75, 3.05) is 5.32 Å². The molecule has 0 radical (unpaired) electrons. The molecule has 1 aromatic heterocycles. The molecule has 0 saturated heterocycles. The molecule has 1 heterocycles. The van der Waals surface area contributed by atoms with Crippen LogP contribution in [0.1, 0.15) is 16.1 Å². The van der Waals surface area contributed by atoms with E-state index >= 15 is 0 Å². The van der Waals surface area contributed by atoms with E-state index in [-0.39, 0.29) is 22.8 Å². The number of rotatable bonds is 3. The Bertz CT molecular complexity index is 915. The molecule has 3 nitrogen and oxygen atoms in total. The zero-order valence-corrected chi connectivity index (χ0v) is 12.6. The van der Waals surface area contributed by atoms with Crippen LogP contribution in [0.15, 0.2) is 65.1 Å². The van der Waals surface area contributed by atoms with Gasteiger partial charge in [0.1, 0.15) is 11.6 Å². The molecule has 0 spiro atoms. The number of furan rings is 1. The largest absolute Gasteiger partial charge is 0.451 e. The maximum atomic E-state index is 13.7. The van der Waals surface area contributed by atoms with Gasteiger partial charge < -0.3 is 9.73 Å². The standard InChI is InChI=1S/C18H11F4NO2/c19-14-7-2-1-6-13(14)15-8-9-16(25-15)17(24)23-12-5-3-4-11(10-12)18(20,21)22/h1-10H,(H,23,24). The highest BCUT2D eigenvalue weighted by molar-refractivity contribution is 6.02. The van der Waals surface area contributed by atoms with E-state index in [9.17, 15) is 22.4 Å². The first-order valence-electron chi connectivity index (χ1n) is 7.18. The molecule has 0 aliphatic heterocycles. The molecular formula is C18H11F4NO2. The molecule has 128 valence electrons. The van der Waals surface area contributed by atoms with Crippen molar-refractivity contribution in [3.63, 3.8) is 0 Å². The molecule has 0 aliphatic carbocycles. The van der Waals surface area contributed by atoms with Crippen LogP contribution in [0.5, 0.6) is 0 Å². The maximum absolute atomic E-state index is 13.7. The summed E-state index contributed by atoms with van der Waals surface area (Å²) >= 11 is 0. The van der Waals surface area contributed by atoms with Crippen LogP contribution < -0.4 is 5.32 Å². The van der Waals surface area contributed by atoms with Crippen LogP contribution in [0.4, 0.5) is 23.2 Å². The van der Waals surface area contributed by atoms with Gasteiger partial charge in [0.2, 0.25) is 0 Å². The Hall–Kier alpha value is -3.09. The van der Waals surface area contributed by atoms with Gasteiger partial charge in [-0.3, -0.25) is 4.79 Å². The second kappa shape index (κ2) is 6.43. The highest BCUT2D eigenvalue weighted by Crippen LogP contribution is 2.31. The van der Waals surface area contributed by atoms with Crippen LogP contribution in [-0.4, -0.2) is 5.91 Å². The lowest BCUT2D eigenvalue weighted by Gasteiger charge is -2.09. The predicted octanol–water partition coefficient (Wildman–Crippen LogP) is 5.36. The lowest BCUT2D eigenvalue weighted by molar-refractivity contribution is -0.137. The average molecular weight is 349 g/mol. The topological polar surface area (TPSA) is 42.2 Å². The molecule has 0 aliphatic rings. The number of amides is 1. The highest BCUT2D eigenvalue weighted by Gasteiger charge is 2.30. The number of anilines is 1. The minimum absolute atomic E-state index is 0.0244. The van der Waals surface area contributed by atoms with Crippen molar-refractivity contribution in [1.29, 1.82) is 0 Å². The quantitative estimate of drug-likeness (QED) is 0.647. The fraction of sp³-hybridized carbons (Fsp3) is 0.0556. The molecule has 0 atom stereocenters. The monoisotopic (exact) mass is 349 g/mol. The van der Waals surface area contributed by atoms with E-state index < -0.39 is 23.5 Å². The van der Waals surface area contributed by atoms with Gasteiger partial charge in [-0.25, -0.2) is 4.39 Å². The summed E-state index contributed by atoms with van der Waals surface area (Å²) in [5, 5.41) is 2.32. The Kier molecular flexibility index (Phi) is 4.31. The van der Waals surface area contributed by atoms with E-state index in [1.54, 1.807) is 6.07 Å². The predicted molar refractivity (Wildman–Crippen MR) is 83.5 cm³/mol. The number of carbonyl (C=O) groups is 1. The van der Waals surface area contributed by atoms with Gasteiger partial charge in [0.15, 0.2) is 5.76 Å². The van der Waals surface area contributed by atoms with Gasteiger partial charge in [0, 0.05) is 5.69 Å². The van der Waals surface area contributed by atoms with E-state index in [1.165, 1.54) is 42.5 Å². The van der Waals surface area contributed by atoms with Crippen LogP contribution in [0, 0.1) is 5.82 Å². The van der Waals surface area contributed by atoms with Crippen LogP contribution in [0.2, 0.25) is 0 Å². The van der Waals surface area contributed by atoms with E-state index in [1.807, 2.05) is 0 Å². The molecular weight excluding hydrogens is 338 g/mol. The molecule has 7 heteroatoms. The summed E-state index contributed by atoms with van der Waals surface area (Å²) in [4.78, 5) is 12.1. The Morgan fingerprint density at radius 1 is 0.960 bits per heavy atom. The first-order valence-corrected chi connectivity index (χ1v) is 7.18. The third kappa shape index (κ3) is 3.71. The summed E-state index contributed by atoms with van der Waals surface area (Å²) in [6.07, 6.45) is -4.51. The van der Waals surface area contributed by atoms with Crippen molar-refractivity contribution in [3.8, 4) is 11.3 Å². The molecule has 0 saturated carbocycles. The summed E-state index contributed by atoms with van der Waals surface area (Å²) in [5.74, 6) is -1.24. The minimum atomic E-state index is -4.51. The number of hydrogen-bond acceptors (Lipinski definition) is 2. The molecule has 0 bridgehead atoms. The summed E-state index contributed by atoms with van der Waals surface area (Å²) < 4.78 is 57.1. The number of hydrogen-bond donors (Lipinski definition) is 1. The Labute approximate surface area is 139 Å². The smallest absolute Gasteiger partial charge is 0.416 e. The van der Waals surface area contributed by atoms with Crippen LogP contribution in [0.3, 0.4) is 0 Å². The van der Waals surface area contributed by atoms with Gasteiger partial charge in [0.25, 0.3) is 5.91 Å². The normalized spacial score (nSPS) is 11.4. The van der Waals surface area contributed by atoms with Crippen LogP contribution in [0.25, 0.3) is 11.3 Å². The zero-order valence-electron chi connectivity index (χ0n) is 12.6. The number of alkyl halides is 3. The van der Waals surface area contributed by atoms with E-state index in [4.69, 9.17) is 4.42 Å². The second-order valence-electron chi connectivity index (χ2n) is 5.18. The third-order valence-corrected chi connectivity index (χ3v) is 3.42. The molecule has 3 aromatic rings. The van der Waals surface area contributed by atoms with Crippen LogP contribution >= 0.6 is 0 Å². The van der Waals surface area contributed by atoms with Gasteiger partial charge in [-0.15, -0.1) is 0 Å². The molecule has 1 N–H and O–H groups in total. The lowest BCUT2D eigenvalue weighted by atomic mass is 10.1. The summed E-state index contributed by atoms with van der Waals surface area (Å²) in [5.41, 5.74) is -0.721. The fourth-order valence-electron chi connectivity index (χ4n) is 2.23. The van der Waals surface area contributed by atoms with Crippen molar-refractivity contribution in [2.45, 2.75) is 6.18 Å². The molecule has 25 heavy (non-hydrogen) atoms. The molecule has 0 unspecified atom stereocenters. The highest BCUT2D eigenvalue weighted by atomic mass is 19.4. The van der Waals surface area contributed by atoms with Crippen molar-refractivity contribution < 1.29 is 26.8 Å². The van der Waals surface area contributed by atoms with E-state index in [0.29, 0.717) is 0 Å². The summed E-state index contributed by atoms with van der Waals surface area (Å²) in [6.45, 7) is 0. The number of nitrogens with one attached hydrogen (secondary N) is 1. The molecule has 2 aromatic carbocycles. The SMILES string of the molecule is O=C(Nc1cccc(C(F)(F)F)c1)c1ccc(-c2ccccc2F)o1. The van der Waals surface area contributed by atoms with Gasteiger partial charge in [0.05, 0.1) is 11.1 Å². The number of halogens is 4. The Morgan fingerprint density at radius 3 is 2.44 bits per heavy atom. The fourth-order valence-corrected chi connectivity index (χ4v) is 2.23. The van der Waals surface area contributed by atoms with Gasteiger partial charge in [-0.1, -0.05) is 18.2 Å². The first kappa shape index (κ1) is 16.8. The first-order chi connectivity index (χ1) is 11.8. The van der Waals surface area contributed by atoms with Crippen molar-refractivity contribution in [3.05, 3.63) is 77.8 Å².